The standard InChI is InChI=1S/C13H14FN3O2/c14-8-1-2-11-10(7-8)12(18)17(13(19)16-11)9-3-5-15-6-4-9/h1-2,7,9,15H,3-6H2,(H,16,19). The average molecular weight is 263 g/mol. The van der Waals surface area contributed by atoms with Crippen molar-refractivity contribution in [2.45, 2.75) is 18.9 Å². The Kier molecular flexibility index (Phi) is 2.94. The number of fused-ring (bicyclic) bond motifs is 1. The summed E-state index contributed by atoms with van der Waals surface area (Å²) in [4.78, 5) is 27.0. The number of halogens is 1. The van der Waals surface area contributed by atoms with Crippen molar-refractivity contribution in [3.63, 3.8) is 0 Å². The van der Waals surface area contributed by atoms with Crippen LogP contribution in [-0.2, 0) is 0 Å². The first-order chi connectivity index (χ1) is 9.16. The van der Waals surface area contributed by atoms with Crippen LogP contribution in [0.1, 0.15) is 18.9 Å². The maximum absolute atomic E-state index is 13.2. The quantitative estimate of drug-likeness (QED) is 0.798. The third-order valence-electron chi connectivity index (χ3n) is 3.57. The van der Waals surface area contributed by atoms with E-state index < -0.39 is 17.1 Å². The van der Waals surface area contributed by atoms with Gasteiger partial charge in [-0.2, -0.15) is 0 Å². The van der Waals surface area contributed by atoms with Crippen LogP contribution in [0.25, 0.3) is 10.9 Å². The van der Waals surface area contributed by atoms with Crippen molar-refractivity contribution in [2.24, 2.45) is 0 Å². The van der Waals surface area contributed by atoms with Crippen molar-refractivity contribution < 1.29 is 4.39 Å². The van der Waals surface area contributed by atoms with Gasteiger partial charge in [-0.05, 0) is 44.1 Å². The van der Waals surface area contributed by atoms with E-state index in [1.807, 2.05) is 0 Å². The summed E-state index contributed by atoms with van der Waals surface area (Å²) in [5, 5.41) is 3.40. The summed E-state index contributed by atoms with van der Waals surface area (Å²) in [5.74, 6) is -0.478. The lowest BCUT2D eigenvalue weighted by atomic mass is 10.1. The molecule has 0 bridgehead atoms. The number of rotatable bonds is 1. The number of hydrogen-bond donors (Lipinski definition) is 2. The summed E-state index contributed by atoms with van der Waals surface area (Å²) < 4.78 is 14.5. The van der Waals surface area contributed by atoms with Gasteiger partial charge in [0.1, 0.15) is 5.82 Å². The Morgan fingerprint density at radius 2 is 1.95 bits per heavy atom. The molecule has 1 aliphatic heterocycles. The molecular weight excluding hydrogens is 249 g/mol. The van der Waals surface area contributed by atoms with Crippen molar-refractivity contribution in [2.75, 3.05) is 13.1 Å². The Hall–Kier alpha value is -1.95. The van der Waals surface area contributed by atoms with Gasteiger partial charge in [-0.25, -0.2) is 9.18 Å². The zero-order valence-electron chi connectivity index (χ0n) is 10.3. The molecule has 0 amide bonds. The van der Waals surface area contributed by atoms with Gasteiger partial charge >= 0.3 is 5.69 Å². The second kappa shape index (κ2) is 4.62. The van der Waals surface area contributed by atoms with Crippen molar-refractivity contribution >= 4 is 10.9 Å². The molecule has 0 spiro atoms. The van der Waals surface area contributed by atoms with E-state index in [1.165, 1.54) is 22.8 Å². The van der Waals surface area contributed by atoms with Crippen LogP contribution in [0.2, 0.25) is 0 Å². The lowest BCUT2D eigenvalue weighted by Gasteiger charge is -2.23. The summed E-state index contributed by atoms with van der Waals surface area (Å²) in [6, 6.07) is 3.70. The van der Waals surface area contributed by atoms with Crippen molar-refractivity contribution in [3.05, 3.63) is 44.9 Å². The van der Waals surface area contributed by atoms with Gasteiger partial charge in [0.2, 0.25) is 0 Å². The predicted molar refractivity (Wildman–Crippen MR) is 69.9 cm³/mol. The molecule has 3 rings (SSSR count). The number of H-pyrrole nitrogens is 1. The van der Waals surface area contributed by atoms with Gasteiger partial charge in [-0.3, -0.25) is 9.36 Å². The third kappa shape index (κ3) is 2.08. The number of nitrogens with zero attached hydrogens (tertiary/aromatic N) is 1. The van der Waals surface area contributed by atoms with Crippen LogP contribution in [0.15, 0.2) is 27.8 Å². The zero-order chi connectivity index (χ0) is 13.4. The summed E-state index contributed by atoms with van der Waals surface area (Å²) in [6.45, 7) is 1.55. The molecule has 1 fully saturated rings. The number of nitrogens with one attached hydrogen (secondary N) is 2. The van der Waals surface area contributed by atoms with Crippen LogP contribution < -0.4 is 16.6 Å². The van der Waals surface area contributed by atoms with E-state index in [9.17, 15) is 14.0 Å². The number of benzene rings is 1. The number of aromatic amines is 1. The zero-order valence-corrected chi connectivity index (χ0v) is 10.3. The normalized spacial score (nSPS) is 16.9. The highest BCUT2D eigenvalue weighted by Gasteiger charge is 2.19. The molecule has 5 nitrogen and oxygen atoms in total. The van der Waals surface area contributed by atoms with E-state index in [-0.39, 0.29) is 11.4 Å². The Balaban J connectivity index is 2.24. The fourth-order valence-corrected chi connectivity index (χ4v) is 2.60. The minimum Gasteiger partial charge on any atom is -0.317 e. The molecule has 6 heteroatoms. The van der Waals surface area contributed by atoms with E-state index in [0.29, 0.717) is 5.52 Å². The maximum Gasteiger partial charge on any atom is 0.329 e. The second-order valence-electron chi connectivity index (χ2n) is 4.78. The molecular formula is C13H14FN3O2. The van der Waals surface area contributed by atoms with Gasteiger partial charge in [-0.15, -0.1) is 0 Å². The molecule has 19 heavy (non-hydrogen) atoms. The van der Waals surface area contributed by atoms with Crippen molar-refractivity contribution in [1.29, 1.82) is 0 Å². The Morgan fingerprint density at radius 3 is 2.68 bits per heavy atom. The largest absolute Gasteiger partial charge is 0.329 e. The van der Waals surface area contributed by atoms with Crippen LogP contribution in [-0.4, -0.2) is 22.6 Å². The van der Waals surface area contributed by atoms with Crippen molar-refractivity contribution in [3.8, 4) is 0 Å². The van der Waals surface area contributed by atoms with Crippen molar-refractivity contribution in [1.82, 2.24) is 14.9 Å². The Bertz CT molecular complexity index is 729. The van der Waals surface area contributed by atoms with Crippen LogP contribution in [0, 0.1) is 5.82 Å². The highest BCUT2D eigenvalue weighted by atomic mass is 19.1. The number of piperidine rings is 1. The van der Waals surface area contributed by atoms with Gasteiger partial charge in [0.05, 0.1) is 10.9 Å². The van der Waals surface area contributed by atoms with E-state index in [2.05, 4.69) is 10.3 Å². The van der Waals surface area contributed by atoms with E-state index in [0.717, 1.165) is 25.9 Å². The molecule has 0 saturated carbocycles. The minimum absolute atomic E-state index is 0.120. The van der Waals surface area contributed by atoms with Gasteiger partial charge in [0, 0.05) is 6.04 Å². The topological polar surface area (TPSA) is 66.9 Å². The molecule has 2 aromatic rings. The van der Waals surface area contributed by atoms with Crippen LogP contribution >= 0.6 is 0 Å². The predicted octanol–water partition coefficient (Wildman–Crippen LogP) is 0.753. The molecule has 0 atom stereocenters. The number of hydrogen-bond acceptors (Lipinski definition) is 3. The molecule has 2 heterocycles. The van der Waals surface area contributed by atoms with E-state index in [1.54, 1.807) is 0 Å². The van der Waals surface area contributed by atoms with Crippen LogP contribution in [0.5, 0.6) is 0 Å². The third-order valence-corrected chi connectivity index (χ3v) is 3.57. The molecule has 1 aliphatic rings. The minimum atomic E-state index is -0.478. The fourth-order valence-electron chi connectivity index (χ4n) is 2.60. The summed E-state index contributed by atoms with van der Waals surface area (Å²) in [7, 11) is 0. The molecule has 1 aromatic heterocycles. The summed E-state index contributed by atoms with van der Waals surface area (Å²) in [5.41, 5.74) is -0.456. The molecule has 100 valence electrons. The maximum atomic E-state index is 13.2. The van der Waals surface area contributed by atoms with E-state index in [4.69, 9.17) is 0 Å². The molecule has 0 aliphatic carbocycles. The summed E-state index contributed by atoms with van der Waals surface area (Å²) >= 11 is 0. The van der Waals surface area contributed by atoms with Gasteiger partial charge < -0.3 is 10.3 Å². The number of aromatic nitrogens is 2. The highest BCUT2D eigenvalue weighted by Crippen LogP contribution is 2.15. The van der Waals surface area contributed by atoms with Gasteiger partial charge in [0.15, 0.2) is 0 Å². The molecule has 1 aromatic carbocycles. The molecule has 0 radical (unpaired) electrons. The smallest absolute Gasteiger partial charge is 0.317 e. The van der Waals surface area contributed by atoms with Gasteiger partial charge in [0.25, 0.3) is 5.56 Å². The first-order valence-corrected chi connectivity index (χ1v) is 6.31. The highest BCUT2D eigenvalue weighted by molar-refractivity contribution is 5.77. The van der Waals surface area contributed by atoms with Gasteiger partial charge in [-0.1, -0.05) is 0 Å². The first-order valence-electron chi connectivity index (χ1n) is 6.31. The first kappa shape index (κ1) is 12.1. The summed E-state index contributed by atoms with van der Waals surface area (Å²) in [6.07, 6.45) is 1.45. The molecule has 2 N–H and O–H groups in total. The lowest BCUT2D eigenvalue weighted by molar-refractivity contribution is 0.352. The SMILES string of the molecule is O=c1[nH]c2ccc(F)cc2c(=O)n1C1CCNCC1. The molecule has 1 saturated heterocycles. The van der Waals surface area contributed by atoms with Crippen LogP contribution in [0.3, 0.4) is 0 Å². The lowest BCUT2D eigenvalue weighted by Crippen LogP contribution is -2.42. The fraction of sp³-hybridized carbons (Fsp3) is 0.385. The molecule has 0 unspecified atom stereocenters. The monoisotopic (exact) mass is 263 g/mol. The van der Waals surface area contributed by atoms with Crippen LogP contribution in [0.4, 0.5) is 4.39 Å². The van der Waals surface area contributed by atoms with E-state index >= 15 is 0 Å². The average Bonchev–Trinajstić information content (AvgIpc) is 2.41. The Morgan fingerprint density at radius 1 is 1.21 bits per heavy atom. The Labute approximate surface area is 108 Å². The second-order valence-corrected chi connectivity index (χ2v) is 4.78.